The molecule has 0 bridgehead atoms. The van der Waals surface area contributed by atoms with Crippen LogP contribution < -0.4 is 0 Å². The summed E-state index contributed by atoms with van der Waals surface area (Å²) in [6, 6.07) is 3.60. The Bertz CT molecular complexity index is 623. The predicted octanol–water partition coefficient (Wildman–Crippen LogP) is 2.30. The van der Waals surface area contributed by atoms with Crippen LogP contribution in [0.4, 0.5) is 8.78 Å². The van der Waals surface area contributed by atoms with Crippen molar-refractivity contribution in [2.45, 2.75) is 13.5 Å². The van der Waals surface area contributed by atoms with Crippen molar-refractivity contribution < 1.29 is 18.3 Å². The Balaban J connectivity index is 2.35. The van der Waals surface area contributed by atoms with Crippen molar-refractivity contribution in [1.29, 1.82) is 0 Å². The zero-order valence-electron chi connectivity index (χ0n) is 10.5. The minimum Gasteiger partial charge on any atom is -0.464 e. The molecule has 2 aromatic rings. The number of carbonyl (C=O) groups is 1. The second kappa shape index (κ2) is 5.17. The lowest BCUT2D eigenvalue weighted by Gasteiger charge is -2.09. The van der Waals surface area contributed by atoms with E-state index in [1.807, 2.05) is 0 Å². The van der Waals surface area contributed by atoms with Gasteiger partial charge in [-0.25, -0.2) is 18.6 Å². The number of esters is 1. The summed E-state index contributed by atoms with van der Waals surface area (Å²) in [5.41, 5.74) is 0.801. The Morgan fingerprint density at radius 2 is 2.11 bits per heavy atom. The van der Waals surface area contributed by atoms with Crippen LogP contribution in [-0.4, -0.2) is 22.6 Å². The van der Waals surface area contributed by atoms with E-state index in [9.17, 15) is 13.6 Å². The summed E-state index contributed by atoms with van der Waals surface area (Å²) in [5.74, 6) is -1.76. The number of rotatable bonds is 3. The van der Waals surface area contributed by atoms with Gasteiger partial charge >= 0.3 is 5.97 Å². The van der Waals surface area contributed by atoms with E-state index in [-0.39, 0.29) is 12.2 Å². The van der Waals surface area contributed by atoms with Gasteiger partial charge in [0.05, 0.1) is 13.3 Å². The number of carbonyl (C=O) groups excluding carboxylic acids is 1. The van der Waals surface area contributed by atoms with Gasteiger partial charge in [0.15, 0.2) is 11.6 Å². The molecule has 0 aliphatic carbocycles. The Kier molecular flexibility index (Phi) is 3.59. The van der Waals surface area contributed by atoms with Gasteiger partial charge < -0.3 is 9.30 Å². The third kappa shape index (κ3) is 2.62. The van der Waals surface area contributed by atoms with E-state index in [0.29, 0.717) is 11.4 Å². The molecule has 0 saturated carbocycles. The molecule has 0 fully saturated rings. The number of hydrogen-bond donors (Lipinski definition) is 0. The number of benzene rings is 1. The minimum absolute atomic E-state index is 0.216. The Labute approximate surface area is 108 Å². The minimum atomic E-state index is -0.921. The topological polar surface area (TPSA) is 44.1 Å². The summed E-state index contributed by atoms with van der Waals surface area (Å²) in [5, 5.41) is 0. The quantitative estimate of drug-likeness (QED) is 0.801. The van der Waals surface area contributed by atoms with Crippen LogP contribution in [0, 0.1) is 18.6 Å². The molecule has 0 aliphatic rings. The smallest absolute Gasteiger partial charge is 0.356 e. The molecule has 0 saturated heterocycles. The molecule has 0 spiro atoms. The fraction of sp³-hybridized carbons (Fsp3) is 0.231. The average Bonchev–Trinajstić information content (AvgIpc) is 2.75. The fourth-order valence-corrected chi connectivity index (χ4v) is 1.76. The van der Waals surface area contributed by atoms with Crippen molar-refractivity contribution >= 4 is 5.97 Å². The zero-order chi connectivity index (χ0) is 14.0. The molecule has 0 atom stereocenters. The normalized spacial score (nSPS) is 10.5. The largest absolute Gasteiger partial charge is 0.464 e. The summed E-state index contributed by atoms with van der Waals surface area (Å²) in [6.07, 6.45) is 1.39. The number of aryl methyl sites for hydroxylation is 1. The number of halogens is 2. The van der Waals surface area contributed by atoms with Gasteiger partial charge in [0.25, 0.3) is 0 Å². The van der Waals surface area contributed by atoms with Gasteiger partial charge in [0.1, 0.15) is 11.5 Å². The van der Waals surface area contributed by atoms with E-state index < -0.39 is 17.6 Å². The van der Waals surface area contributed by atoms with Crippen LogP contribution in [-0.2, 0) is 11.3 Å². The van der Waals surface area contributed by atoms with Gasteiger partial charge in [-0.05, 0) is 24.6 Å². The van der Waals surface area contributed by atoms with E-state index >= 15 is 0 Å². The standard InChI is InChI=1S/C13H12F2N2O2/c1-8-16-6-12(13(18)19-2)17(8)7-9-3-4-10(14)11(15)5-9/h3-6H,7H2,1-2H3. The monoisotopic (exact) mass is 266 g/mol. The third-order valence-corrected chi connectivity index (χ3v) is 2.77. The zero-order valence-corrected chi connectivity index (χ0v) is 10.5. The summed E-state index contributed by atoms with van der Waals surface area (Å²) in [7, 11) is 1.27. The first-order chi connectivity index (χ1) is 9.02. The number of ether oxygens (including phenoxy) is 1. The molecule has 1 aromatic carbocycles. The van der Waals surface area contributed by atoms with Crippen molar-refractivity contribution in [1.82, 2.24) is 9.55 Å². The van der Waals surface area contributed by atoms with Crippen LogP contribution in [0.15, 0.2) is 24.4 Å². The first kappa shape index (κ1) is 13.2. The molecule has 6 heteroatoms. The van der Waals surface area contributed by atoms with Crippen molar-refractivity contribution in [3.63, 3.8) is 0 Å². The highest BCUT2D eigenvalue weighted by Crippen LogP contribution is 2.13. The number of imidazole rings is 1. The van der Waals surface area contributed by atoms with E-state index in [1.54, 1.807) is 11.5 Å². The highest BCUT2D eigenvalue weighted by molar-refractivity contribution is 5.87. The van der Waals surface area contributed by atoms with Crippen LogP contribution in [0.3, 0.4) is 0 Å². The molecule has 4 nitrogen and oxygen atoms in total. The molecule has 2 rings (SSSR count). The molecule has 0 radical (unpaired) electrons. The first-order valence-electron chi connectivity index (χ1n) is 5.57. The van der Waals surface area contributed by atoms with Crippen LogP contribution in [0.25, 0.3) is 0 Å². The first-order valence-corrected chi connectivity index (χ1v) is 5.57. The highest BCUT2D eigenvalue weighted by atomic mass is 19.2. The van der Waals surface area contributed by atoms with E-state index in [2.05, 4.69) is 9.72 Å². The Morgan fingerprint density at radius 1 is 1.37 bits per heavy atom. The maximum absolute atomic E-state index is 13.1. The fourth-order valence-electron chi connectivity index (χ4n) is 1.76. The van der Waals surface area contributed by atoms with Crippen molar-refractivity contribution in [3.8, 4) is 0 Å². The number of hydrogen-bond acceptors (Lipinski definition) is 3. The molecule has 0 aliphatic heterocycles. The number of nitrogens with zero attached hydrogens (tertiary/aromatic N) is 2. The lowest BCUT2D eigenvalue weighted by Crippen LogP contribution is -2.12. The molecule has 0 amide bonds. The molecule has 1 heterocycles. The third-order valence-electron chi connectivity index (χ3n) is 2.77. The number of methoxy groups -OCH3 is 1. The van der Waals surface area contributed by atoms with E-state index in [4.69, 9.17) is 0 Å². The van der Waals surface area contributed by atoms with Crippen molar-refractivity contribution in [2.24, 2.45) is 0 Å². The highest BCUT2D eigenvalue weighted by Gasteiger charge is 2.15. The summed E-state index contributed by atoms with van der Waals surface area (Å²) >= 11 is 0. The predicted molar refractivity (Wildman–Crippen MR) is 63.8 cm³/mol. The van der Waals surface area contributed by atoms with Gasteiger partial charge in [-0.2, -0.15) is 0 Å². The van der Waals surface area contributed by atoms with Crippen molar-refractivity contribution in [2.75, 3.05) is 7.11 Å². The van der Waals surface area contributed by atoms with Gasteiger partial charge in [0, 0.05) is 6.54 Å². The Morgan fingerprint density at radius 3 is 2.74 bits per heavy atom. The maximum Gasteiger partial charge on any atom is 0.356 e. The lowest BCUT2D eigenvalue weighted by molar-refractivity contribution is 0.0588. The Hall–Kier alpha value is -2.24. The van der Waals surface area contributed by atoms with Crippen LogP contribution in [0.5, 0.6) is 0 Å². The summed E-state index contributed by atoms with van der Waals surface area (Å²) < 4.78 is 32.2. The number of aromatic nitrogens is 2. The van der Waals surface area contributed by atoms with Gasteiger partial charge in [-0.1, -0.05) is 6.07 Å². The molecule has 0 N–H and O–H groups in total. The van der Waals surface area contributed by atoms with Crippen LogP contribution in [0.1, 0.15) is 21.9 Å². The lowest BCUT2D eigenvalue weighted by atomic mass is 10.2. The molecular weight excluding hydrogens is 254 g/mol. The van der Waals surface area contributed by atoms with Crippen LogP contribution in [0.2, 0.25) is 0 Å². The second-order valence-corrected chi connectivity index (χ2v) is 4.02. The van der Waals surface area contributed by atoms with Gasteiger partial charge in [0.2, 0.25) is 0 Å². The van der Waals surface area contributed by atoms with Gasteiger partial charge in [-0.15, -0.1) is 0 Å². The summed E-state index contributed by atoms with van der Waals surface area (Å²) in [6.45, 7) is 1.93. The molecule has 100 valence electrons. The molecule has 0 unspecified atom stereocenters. The summed E-state index contributed by atoms with van der Waals surface area (Å²) in [4.78, 5) is 15.6. The average molecular weight is 266 g/mol. The maximum atomic E-state index is 13.1. The second-order valence-electron chi connectivity index (χ2n) is 4.02. The SMILES string of the molecule is COC(=O)c1cnc(C)n1Cc1ccc(F)c(F)c1. The van der Waals surface area contributed by atoms with Crippen LogP contribution >= 0.6 is 0 Å². The molecule has 1 aromatic heterocycles. The molecular formula is C13H12F2N2O2. The van der Waals surface area contributed by atoms with Gasteiger partial charge in [-0.3, -0.25) is 0 Å². The van der Waals surface area contributed by atoms with E-state index in [1.165, 1.54) is 19.4 Å². The van der Waals surface area contributed by atoms with E-state index in [0.717, 1.165) is 12.1 Å². The van der Waals surface area contributed by atoms with Crippen molar-refractivity contribution in [3.05, 3.63) is 53.1 Å². The molecule has 19 heavy (non-hydrogen) atoms.